The molecule has 2 aliphatic carbocycles. The molecule has 0 heterocycles. The summed E-state index contributed by atoms with van der Waals surface area (Å²) in [4.78, 5) is 0. The fraction of sp³-hybridized carbons (Fsp3) is 0.256. The first-order valence-electron chi connectivity index (χ1n) is 14.8. The number of halogens is 4. The Morgan fingerprint density at radius 3 is 1.52 bits per heavy atom. The maximum Gasteiger partial charge on any atom is -1.00 e. The summed E-state index contributed by atoms with van der Waals surface area (Å²) >= 11 is 4.89. The van der Waals surface area contributed by atoms with Crippen molar-refractivity contribution in [3.8, 4) is 11.1 Å². The number of hydrogen-bond donors (Lipinski definition) is 0. The van der Waals surface area contributed by atoms with Crippen LogP contribution < -0.4 is 24.8 Å². The van der Waals surface area contributed by atoms with E-state index in [0.717, 1.165) is 15.4 Å². The molecule has 0 radical (unpaired) electrons. The number of hydrogen-bond acceptors (Lipinski definition) is 0. The summed E-state index contributed by atoms with van der Waals surface area (Å²) in [5.41, 5.74) is 11.6. The zero-order chi connectivity index (χ0) is 29.8. The Morgan fingerprint density at radius 2 is 1.14 bits per heavy atom. The van der Waals surface area contributed by atoms with Crippen molar-refractivity contribution in [2.24, 2.45) is 0 Å². The van der Waals surface area contributed by atoms with Crippen molar-refractivity contribution in [3.63, 3.8) is 0 Å². The molecule has 0 saturated heterocycles. The molecule has 4 aromatic rings. The SMILES string of the molecule is CC(C)(C)c1ccc2c(c1)[CH]([Zr+2]([C]1=CC=CC1)=[C](c1cccc(Br)c1)c1cccc(Br)c1)c1cc(C(C)(C)C)ccc1-2.[Cl-].[Cl-]. The van der Waals surface area contributed by atoms with Gasteiger partial charge in [0.2, 0.25) is 0 Å². The second kappa shape index (κ2) is 13.8. The van der Waals surface area contributed by atoms with Crippen molar-refractivity contribution in [2.45, 2.75) is 62.4 Å². The molecule has 6 rings (SSSR count). The van der Waals surface area contributed by atoms with E-state index in [1.807, 2.05) is 0 Å². The Hall–Kier alpha value is -1.35. The minimum Gasteiger partial charge on any atom is -1.00 e. The van der Waals surface area contributed by atoms with Crippen molar-refractivity contribution >= 4 is 35.1 Å². The van der Waals surface area contributed by atoms with E-state index in [1.54, 1.807) is 6.49 Å². The van der Waals surface area contributed by atoms with Gasteiger partial charge in [0.15, 0.2) is 0 Å². The van der Waals surface area contributed by atoms with Gasteiger partial charge in [-0.05, 0) is 0 Å². The first-order chi connectivity index (χ1) is 19.9. The second-order valence-electron chi connectivity index (χ2n) is 13.7. The van der Waals surface area contributed by atoms with Gasteiger partial charge in [0.1, 0.15) is 0 Å². The third-order valence-electron chi connectivity index (χ3n) is 8.65. The van der Waals surface area contributed by atoms with Crippen LogP contribution in [0.1, 0.15) is 85.0 Å². The molecule has 0 amide bonds. The maximum atomic E-state index is 3.82. The average molecular weight is 829 g/mol. The Kier molecular flexibility index (Phi) is 11.1. The summed E-state index contributed by atoms with van der Waals surface area (Å²) in [6, 6.07) is 32.8. The van der Waals surface area contributed by atoms with Gasteiger partial charge in [-0.25, -0.2) is 0 Å². The van der Waals surface area contributed by atoms with E-state index in [4.69, 9.17) is 0 Å². The van der Waals surface area contributed by atoms with Crippen LogP contribution in [0.5, 0.6) is 0 Å². The molecule has 0 nitrogen and oxygen atoms in total. The molecule has 0 spiro atoms. The minimum absolute atomic E-state index is 0. The Balaban J connectivity index is 0.00000221. The van der Waals surface area contributed by atoms with Crippen LogP contribution in [0.15, 0.2) is 115 Å². The van der Waals surface area contributed by atoms with Gasteiger partial charge in [0, 0.05) is 0 Å². The van der Waals surface area contributed by atoms with Gasteiger partial charge in [-0.3, -0.25) is 0 Å². The van der Waals surface area contributed by atoms with Crippen LogP contribution in [0.3, 0.4) is 0 Å². The maximum absolute atomic E-state index is 3.82. The molecule has 44 heavy (non-hydrogen) atoms. The number of benzene rings is 4. The molecular weight excluding hydrogens is 790 g/mol. The molecule has 5 heteroatoms. The zero-order valence-corrected chi connectivity index (χ0v) is 33.3. The summed E-state index contributed by atoms with van der Waals surface area (Å²) in [5, 5.41) is 0. The van der Waals surface area contributed by atoms with Gasteiger partial charge >= 0.3 is 279 Å². The van der Waals surface area contributed by atoms with Gasteiger partial charge in [-0.15, -0.1) is 0 Å². The molecule has 0 aromatic heterocycles. The number of fused-ring (bicyclic) bond motifs is 3. The minimum atomic E-state index is -2.75. The van der Waals surface area contributed by atoms with Crippen molar-refractivity contribution in [2.75, 3.05) is 0 Å². The Bertz CT molecular complexity index is 1690. The van der Waals surface area contributed by atoms with Crippen LogP contribution >= 0.6 is 31.9 Å². The smallest absolute Gasteiger partial charge is 1.00 e. The van der Waals surface area contributed by atoms with E-state index in [-0.39, 0.29) is 35.6 Å². The average Bonchev–Trinajstić information content (AvgIpc) is 3.57. The van der Waals surface area contributed by atoms with Gasteiger partial charge in [0.25, 0.3) is 0 Å². The summed E-state index contributed by atoms with van der Waals surface area (Å²) in [6.07, 6.45) is 8.18. The van der Waals surface area contributed by atoms with Crippen LogP contribution in [0.4, 0.5) is 0 Å². The largest absolute Gasteiger partial charge is 1.00 e. The van der Waals surface area contributed by atoms with Crippen LogP contribution in [0, 0.1) is 0 Å². The fourth-order valence-corrected chi connectivity index (χ4v) is 16.1. The van der Waals surface area contributed by atoms with Gasteiger partial charge in [0.05, 0.1) is 0 Å². The molecule has 4 aromatic carbocycles. The van der Waals surface area contributed by atoms with Gasteiger partial charge < -0.3 is 24.8 Å². The molecule has 0 N–H and O–H groups in total. The number of rotatable bonds is 4. The van der Waals surface area contributed by atoms with Crippen molar-refractivity contribution in [1.29, 1.82) is 0 Å². The molecular formula is C39H38Br2Cl2Zr. The predicted molar refractivity (Wildman–Crippen MR) is 184 cm³/mol. The quantitative estimate of drug-likeness (QED) is 0.251. The molecule has 0 saturated carbocycles. The van der Waals surface area contributed by atoms with E-state index >= 15 is 0 Å². The summed E-state index contributed by atoms with van der Waals surface area (Å²) in [5.74, 6) is 0. The van der Waals surface area contributed by atoms with Crippen molar-refractivity contribution < 1.29 is 46.1 Å². The zero-order valence-electron chi connectivity index (χ0n) is 26.1. The van der Waals surface area contributed by atoms with Crippen molar-refractivity contribution in [3.05, 3.63) is 149 Å². The van der Waals surface area contributed by atoms with E-state index in [9.17, 15) is 0 Å². The van der Waals surface area contributed by atoms with Crippen LogP contribution in [0.2, 0.25) is 0 Å². The monoisotopic (exact) mass is 824 g/mol. The van der Waals surface area contributed by atoms with Crippen molar-refractivity contribution in [1.82, 2.24) is 0 Å². The first-order valence-corrected chi connectivity index (χ1v) is 20.3. The topological polar surface area (TPSA) is 0 Å². The molecule has 2 aliphatic rings. The molecule has 0 aliphatic heterocycles. The molecule has 0 atom stereocenters. The summed E-state index contributed by atoms with van der Waals surface area (Å²) in [6.45, 7) is 14.0. The standard InChI is InChI=1S/C21H25.C13H8Br2.C5H5.2ClH.Zr/c1-20(2,3)16-7-9-18-14(12-16)11-15-13-17(21(4,5)6)8-10-19(15)18;14-12-5-1-3-10(8-12)7-11-4-2-6-13(15)9-11;1-2-4-5-3-1;;;/h7-13H,1-6H3;1-6,8-9H;1-3H,4H2;2*1H;/q;;;;;+2/p-2. The van der Waals surface area contributed by atoms with Crippen LogP contribution in [-0.2, 0) is 32.1 Å². The first kappa shape index (κ1) is 35.5. The molecule has 0 bridgehead atoms. The normalized spacial score (nSPS) is 13.7. The van der Waals surface area contributed by atoms with Crippen LogP contribution in [0.25, 0.3) is 11.1 Å². The van der Waals surface area contributed by atoms with Gasteiger partial charge in [-0.2, -0.15) is 0 Å². The molecule has 0 fully saturated rings. The summed E-state index contributed by atoms with van der Waals surface area (Å²) in [7, 11) is 0. The van der Waals surface area contributed by atoms with Crippen LogP contribution in [-0.4, -0.2) is 3.21 Å². The number of allylic oxidation sites excluding steroid dienone is 4. The third-order valence-corrected chi connectivity index (χ3v) is 17.9. The molecule has 226 valence electrons. The van der Waals surface area contributed by atoms with E-state index in [1.165, 1.54) is 44.5 Å². The predicted octanol–water partition coefficient (Wildman–Crippen LogP) is 5.62. The Labute approximate surface area is 300 Å². The third kappa shape index (κ3) is 6.99. The van der Waals surface area contributed by atoms with Gasteiger partial charge in [-0.1, -0.05) is 0 Å². The molecule has 0 unspecified atom stereocenters. The van der Waals surface area contributed by atoms with E-state index in [0.29, 0.717) is 3.63 Å². The van der Waals surface area contributed by atoms with E-state index in [2.05, 4.69) is 177 Å². The second-order valence-corrected chi connectivity index (χ2v) is 21.8. The summed E-state index contributed by atoms with van der Waals surface area (Å²) < 4.78 is 5.89. The van der Waals surface area contributed by atoms with E-state index < -0.39 is 21.3 Å². The fourth-order valence-electron chi connectivity index (χ4n) is 6.41. The Morgan fingerprint density at radius 1 is 0.659 bits per heavy atom.